The number of hydrogen-bond acceptors (Lipinski definition) is 1. The largest absolute Gasteiger partial charge is 0.303 e. The van der Waals surface area contributed by atoms with Crippen molar-refractivity contribution in [2.45, 2.75) is 149 Å². The molecule has 0 spiro atoms. The molecule has 0 amide bonds. The maximum atomic E-state index is 10.2. The predicted molar refractivity (Wildman–Crippen MR) is 118 cm³/mol. The first-order valence-electron chi connectivity index (χ1n) is 12.2. The van der Waals surface area contributed by atoms with Crippen molar-refractivity contribution in [3.05, 3.63) is 0 Å². The van der Waals surface area contributed by atoms with E-state index in [1.165, 1.54) is 122 Å². The maximum absolute atomic E-state index is 10.2. The molecule has 0 aromatic heterocycles. The van der Waals surface area contributed by atoms with Crippen LogP contribution in [-0.2, 0) is 4.79 Å². The Morgan fingerprint density at radius 3 is 1.00 bits per heavy atom. The molecule has 0 saturated carbocycles. The summed E-state index contributed by atoms with van der Waals surface area (Å²) in [6, 6.07) is 0. The zero-order valence-corrected chi connectivity index (χ0v) is 18.4. The second-order valence-corrected chi connectivity index (χ2v) is 8.86. The molecule has 0 unspecified atom stereocenters. The van der Waals surface area contributed by atoms with Crippen LogP contribution in [-0.4, -0.2) is 6.29 Å². The summed E-state index contributed by atoms with van der Waals surface area (Å²) >= 11 is 0. The van der Waals surface area contributed by atoms with Gasteiger partial charge in [-0.15, -0.1) is 0 Å². The minimum atomic E-state index is 0.762. The topological polar surface area (TPSA) is 17.1 Å². The summed E-state index contributed by atoms with van der Waals surface area (Å²) < 4.78 is 0. The molecule has 156 valence electrons. The van der Waals surface area contributed by atoms with E-state index in [0.717, 1.165) is 25.0 Å². The van der Waals surface area contributed by atoms with E-state index in [4.69, 9.17) is 0 Å². The fourth-order valence-electron chi connectivity index (χ4n) is 3.79. The van der Waals surface area contributed by atoms with Crippen molar-refractivity contribution in [2.24, 2.45) is 5.92 Å². The first-order valence-corrected chi connectivity index (χ1v) is 12.2. The Bertz CT molecular complexity index is 259. The van der Waals surface area contributed by atoms with Crippen molar-refractivity contribution >= 4 is 6.29 Å². The van der Waals surface area contributed by atoms with Crippen LogP contribution < -0.4 is 0 Å². The second-order valence-electron chi connectivity index (χ2n) is 8.86. The molecule has 0 fully saturated rings. The lowest BCUT2D eigenvalue weighted by molar-refractivity contribution is -0.107. The molecule has 0 radical (unpaired) electrons. The summed E-state index contributed by atoms with van der Waals surface area (Å²) in [5.41, 5.74) is 0. The minimum absolute atomic E-state index is 0.762. The molecule has 0 heterocycles. The first kappa shape index (κ1) is 25.7. The molecule has 0 rings (SSSR count). The number of unbranched alkanes of at least 4 members (excludes halogenated alkanes) is 19. The van der Waals surface area contributed by atoms with Gasteiger partial charge in [-0.2, -0.15) is 0 Å². The van der Waals surface area contributed by atoms with Gasteiger partial charge < -0.3 is 4.79 Å². The van der Waals surface area contributed by atoms with E-state index >= 15 is 0 Å². The van der Waals surface area contributed by atoms with Crippen molar-refractivity contribution < 1.29 is 4.79 Å². The van der Waals surface area contributed by atoms with E-state index in [1.807, 2.05) is 0 Å². The van der Waals surface area contributed by atoms with E-state index < -0.39 is 0 Å². The molecule has 0 aliphatic rings. The Kier molecular flexibility index (Phi) is 22.4. The number of aldehydes is 1. The Balaban J connectivity index is 2.98. The van der Waals surface area contributed by atoms with Crippen LogP contribution in [0.4, 0.5) is 0 Å². The van der Waals surface area contributed by atoms with Crippen LogP contribution in [0.15, 0.2) is 0 Å². The Hall–Kier alpha value is -0.330. The summed E-state index contributed by atoms with van der Waals surface area (Å²) in [5, 5.41) is 0. The molecule has 0 aliphatic heterocycles. The Morgan fingerprint density at radius 1 is 0.462 bits per heavy atom. The highest BCUT2D eigenvalue weighted by Gasteiger charge is 1.96. The Morgan fingerprint density at radius 2 is 0.731 bits per heavy atom. The molecule has 1 heteroatoms. The number of carbonyl (C=O) groups is 1. The van der Waals surface area contributed by atoms with E-state index in [2.05, 4.69) is 13.8 Å². The second kappa shape index (κ2) is 22.7. The monoisotopic (exact) mass is 366 g/mol. The molecule has 26 heavy (non-hydrogen) atoms. The van der Waals surface area contributed by atoms with Gasteiger partial charge in [0.15, 0.2) is 0 Å². The van der Waals surface area contributed by atoms with E-state index in [0.29, 0.717) is 0 Å². The normalized spacial score (nSPS) is 11.3. The zero-order valence-electron chi connectivity index (χ0n) is 18.4. The van der Waals surface area contributed by atoms with Gasteiger partial charge in [0.05, 0.1) is 0 Å². The van der Waals surface area contributed by atoms with Gasteiger partial charge in [0.25, 0.3) is 0 Å². The van der Waals surface area contributed by atoms with Crippen molar-refractivity contribution in [3.8, 4) is 0 Å². The zero-order chi connectivity index (χ0) is 19.1. The average Bonchev–Trinajstić information content (AvgIpc) is 2.62. The van der Waals surface area contributed by atoms with Gasteiger partial charge in [-0.1, -0.05) is 136 Å². The summed E-state index contributed by atoms with van der Waals surface area (Å²) in [7, 11) is 0. The fraction of sp³-hybridized carbons (Fsp3) is 0.960. The third kappa shape index (κ3) is 23.7. The van der Waals surface area contributed by atoms with Gasteiger partial charge in [-0.05, 0) is 12.3 Å². The van der Waals surface area contributed by atoms with E-state index in [9.17, 15) is 4.79 Å². The summed E-state index contributed by atoms with van der Waals surface area (Å²) in [6.07, 6.45) is 30.1. The van der Waals surface area contributed by atoms with Crippen LogP contribution in [0.5, 0.6) is 0 Å². The molecule has 0 aliphatic carbocycles. The van der Waals surface area contributed by atoms with Crippen molar-refractivity contribution in [1.82, 2.24) is 0 Å². The third-order valence-corrected chi connectivity index (χ3v) is 5.60. The number of hydrogen-bond donors (Lipinski definition) is 0. The standard InChI is InChI=1S/C25H50O/c1-25(2)23-21-19-17-15-13-11-9-7-5-3-4-6-8-10-12-14-16-18-20-22-24-26/h24-25H,3-23H2,1-2H3. The first-order chi connectivity index (χ1) is 12.8. The Labute approximate surface area is 166 Å². The maximum Gasteiger partial charge on any atom is 0.119 e. The lowest BCUT2D eigenvalue weighted by Gasteiger charge is -2.05. The highest BCUT2D eigenvalue weighted by atomic mass is 16.1. The van der Waals surface area contributed by atoms with Gasteiger partial charge in [0.1, 0.15) is 6.29 Å². The van der Waals surface area contributed by atoms with Gasteiger partial charge in [0, 0.05) is 6.42 Å². The molecule has 0 aromatic carbocycles. The van der Waals surface area contributed by atoms with Crippen LogP contribution in [0.3, 0.4) is 0 Å². The lowest BCUT2D eigenvalue weighted by atomic mass is 10.0. The highest BCUT2D eigenvalue weighted by Crippen LogP contribution is 2.15. The predicted octanol–water partition coefficient (Wildman–Crippen LogP) is 9.03. The van der Waals surface area contributed by atoms with Crippen LogP contribution in [0, 0.1) is 5.92 Å². The lowest BCUT2D eigenvalue weighted by Crippen LogP contribution is -1.87. The van der Waals surface area contributed by atoms with E-state index in [1.54, 1.807) is 0 Å². The van der Waals surface area contributed by atoms with Crippen molar-refractivity contribution in [3.63, 3.8) is 0 Å². The molecule has 0 atom stereocenters. The molecular formula is C25H50O. The molecule has 0 N–H and O–H groups in total. The van der Waals surface area contributed by atoms with Crippen LogP contribution >= 0.6 is 0 Å². The number of carbonyl (C=O) groups excluding carboxylic acids is 1. The smallest absolute Gasteiger partial charge is 0.119 e. The average molecular weight is 367 g/mol. The molecule has 0 aromatic rings. The fourth-order valence-corrected chi connectivity index (χ4v) is 3.79. The summed E-state index contributed by atoms with van der Waals surface area (Å²) in [4.78, 5) is 10.2. The van der Waals surface area contributed by atoms with Crippen molar-refractivity contribution in [2.75, 3.05) is 0 Å². The molecule has 1 nitrogen and oxygen atoms in total. The number of rotatable bonds is 22. The summed E-state index contributed by atoms with van der Waals surface area (Å²) in [5.74, 6) is 0.889. The van der Waals surface area contributed by atoms with Crippen LogP contribution in [0.25, 0.3) is 0 Å². The van der Waals surface area contributed by atoms with Crippen LogP contribution in [0.1, 0.15) is 149 Å². The van der Waals surface area contributed by atoms with Gasteiger partial charge in [-0.3, -0.25) is 0 Å². The van der Waals surface area contributed by atoms with E-state index in [-0.39, 0.29) is 0 Å². The molecule has 0 saturated heterocycles. The SMILES string of the molecule is CC(C)CCCCCCCCCCCCCCCCCCCCCC=O. The van der Waals surface area contributed by atoms with Gasteiger partial charge >= 0.3 is 0 Å². The third-order valence-electron chi connectivity index (χ3n) is 5.60. The minimum Gasteiger partial charge on any atom is -0.303 e. The highest BCUT2D eigenvalue weighted by molar-refractivity contribution is 5.48. The van der Waals surface area contributed by atoms with Crippen LogP contribution in [0.2, 0.25) is 0 Å². The molecular weight excluding hydrogens is 316 g/mol. The molecule has 0 bridgehead atoms. The summed E-state index contributed by atoms with van der Waals surface area (Å²) in [6.45, 7) is 4.67. The quantitative estimate of drug-likeness (QED) is 0.138. The van der Waals surface area contributed by atoms with Gasteiger partial charge in [-0.25, -0.2) is 0 Å². The van der Waals surface area contributed by atoms with Gasteiger partial charge in [0.2, 0.25) is 0 Å². The van der Waals surface area contributed by atoms with Crippen molar-refractivity contribution in [1.29, 1.82) is 0 Å².